The van der Waals surface area contributed by atoms with Crippen molar-refractivity contribution in [1.29, 1.82) is 0 Å². The van der Waals surface area contributed by atoms with Gasteiger partial charge in [-0.1, -0.05) is 121 Å². The lowest BCUT2D eigenvalue weighted by Crippen LogP contribution is -2.41. The number of benzodiazepines with no additional fused rings is 2. The normalized spacial score (nSPS) is 16.2. The molecule has 0 radical (unpaired) electrons. The van der Waals surface area contributed by atoms with E-state index in [1.165, 1.54) is 0 Å². The van der Waals surface area contributed by atoms with E-state index in [-0.39, 0.29) is 11.8 Å². The van der Waals surface area contributed by atoms with Crippen LogP contribution in [0.15, 0.2) is 168 Å². The second-order valence-corrected chi connectivity index (χ2v) is 13.2. The van der Waals surface area contributed by atoms with Gasteiger partial charge in [0.25, 0.3) is 11.8 Å². The van der Waals surface area contributed by atoms with Crippen molar-refractivity contribution in [3.8, 4) is 11.5 Å². The SMILES string of the molecule is COc1ccc(CN2C(=O)C(N)N=C(c3ccccc3)c3ccccc32)cc1.COc1ccc(CN2C(=O)[C@@H](N)N=C(c3ccccc3)c3ccccc32)cc1. The first-order chi connectivity index (χ1) is 27.3. The maximum absolute atomic E-state index is 13.1. The maximum Gasteiger partial charge on any atom is 0.266 e. The fraction of sp³-hybridized carbons (Fsp3) is 0.130. The van der Waals surface area contributed by atoms with Crippen molar-refractivity contribution in [3.05, 3.63) is 191 Å². The molecule has 2 atom stereocenters. The van der Waals surface area contributed by atoms with E-state index in [9.17, 15) is 9.59 Å². The average molecular weight is 743 g/mol. The van der Waals surface area contributed by atoms with Crippen molar-refractivity contribution in [1.82, 2.24) is 0 Å². The highest BCUT2D eigenvalue weighted by Crippen LogP contribution is 2.31. The van der Waals surface area contributed by atoms with Crippen LogP contribution in [0.2, 0.25) is 0 Å². The van der Waals surface area contributed by atoms with E-state index in [1.54, 1.807) is 24.0 Å². The Bertz CT molecular complexity index is 2200. The summed E-state index contributed by atoms with van der Waals surface area (Å²) in [6.07, 6.45) is -1.92. The number of hydrogen-bond acceptors (Lipinski definition) is 8. The third-order valence-corrected chi connectivity index (χ3v) is 9.57. The molecule has 2 heterocycles. The Kier molecular flexibility index (Phi) is 11.4. The van der Waals surface area contributed by atoms with E-state index < -0.39 is 12.3 Å². The zero-order valence-corrected chi connectivity index (χ0v) is 31.2. The van der Waals surface area contributed by atoms with Crippen molar-refractivity contribution in [2.45, 2.75) is 25.4 Å². The molecule has 2 aliphatic rings. The second kappa shape index (κ2) is 17.1. The quantitative estimate of drug-likeness (QED) is 0.178. The van der Waals surface area contributed by atoms with Gasteiger partial charge in [-0.05, 0) is 47.5 Å². The predicted octanol–water partition coefficient (Wildman–Crippen LogP) is 6.73. The molecular formula is C46H42N6O4. The fourth-order valence-electron chi connectivity index (χ4n) is 6.71. The molecule has 0 saturated carbocycles. The fourth-order valence-corrected chi connectivity index (χ4v) is 6.71. The van der Waals surface area contributed by atoms with Gasteiger partial charge in [-0.15, -0.1) is 0 Å². The summed E-state index contributed by atoms with van der Waals surface area (Å²) in [4.78, 5) is 38.7. The summed E-state index contributed by atoms with van der Waals surface area (Å²) in [6, 6.07) is 50.5. The van der Waals surface area contributed by atoms with E-state index in [4.69, 9.17) is 20.9 Å². The Labute approximate surface area is 326 Å². The van der Waals surface area contributed by atoms with Gasteiger partial charge >= 0.3 is 0 Å². The van der Waals surface area contributed by atoms with Crippen molar-refractivity contribution >= 4 is 34.6 Å². The Morgan fingerprint density at radius 2 is 0.821 bits per heavy atom. The summed E-state index contributed by atoms with van der Waals surface area (Å²) in [6.45, 7) is 0.816. The zero-order chi connectivity index (χ0) is 39.0. The molecule has 6 aromatic rings. The number of methoxy groups -OCH3 is 2. The van der Waals surface area contributed by atoms with Gasteiger partial charge < -0.3 is 30.7 Å². The Morgan fingerprint density at radius 3 is 1.18 bits per heavy atom. The number of para-hydroxylation sites is 2. The maximum atomic E-state index is 13.1. The highest BCUT2D eigenvalue weighted by molar-refractivity contribution is 6.21. The molecular weight excluding hydrogens is 701 g/mol. The number of anilines is 2. The van der Waals surface area contributed by atoms with E-state index >= 15 is 0 Å². The lowest BCUT2D eigenvalue weighted by Gasteiger charge is -2.24. The summed E-state index contributed by atoms with van der Waals surface area (Å²) in [5, 5.41) is 0. The molecule has 0 saturated heterocycles. The Hall–Kier alpha value is -6.88. The number of rotatable bonds is 8. The third kappa shape index (κ3) is 8.12. The van der Waals surface area contributed by atoms with Gasteiger partial charge in [0.05, 0.1) is 50.1 Å². The number of carbonyl (C=O) groups excluding carboxylic acids is 2. The van der Waals surface area contributed by atoms with Crippen molar-refractivity contribution < 1.29 is 19.1 Å². The van der Waals surface area contributed by atoms with Crippen LogP contribution < -0.4 is 30.7 Å². The molecule has 0 aromatic heterocycles. The molecule has 2 aliphatic heterocycles. The number of amides is 2. The van der Waals surface area contributed by atoms with Gasteiger partial charge in [0.2, 0.25) is 0 Å². The molecule has 0 aliphatic carbocycles. The summed E-state index contributed by atoms with van der Waals surface area (Å²) in [5.41, 5.74) is 21.0. The van der Waals surface area contributed by atoms with E-state index in [1.807, 2.05) is 158 Å². The van der Waals surface area contributed by atoms with E-state index in [0.29, 0.717) is 13.1 Å². The van der Waals surface area contributed by atoms with Crippen LogP contribution >= 0.6 is 0 Å². The summed E-state index contributed by atoms with van der Waals surface area (Å²) < 4.78 is 10.4. The molecule has 56 heavy (non-hydrogen) atoms. The van der Waals surface area contributed by atoms with Crippen molar-refractivity contribution in [3.63, 3.8) is 0 Å². The van der Waals surface area contributed by atoms with Gasteiger partial charge in [0.1, 0.15) is 11.5 Å². The molecule has 6 aromatic carbocycles. The minimum absolute atomic E-state index is 0.228. The molecule has 280 valence electrons. The minimum Gasteiger partial charge on any atom is -0.497 e. The molecule has 1 unspecified atom stereocenters. The summed E-state index contributed by atoms with van der Waals surface area (Å²) in [5.74, 6) is 1.10. The van der Waals surface area contributed by atoms with Gasteiger partial charge in [0, 0.05) is 22.3 Å². The lowest BCUT2D eigenvalue weighted by atomic mass is 10.00. The number of aliphatic imine (C=N–C) groups is 2. The first-order valence-corrected chi connectivity index (χ1v) is 18.2. The van der Waals surface area contributed by atoms with Crippen LogP contribution in [-0.4, -0.2) is 49.8 Å². The van der Waals surface area contributed by atoms with E-state index in [2.05, 4.69) is 9.98 Å². The number of ether oxygens (including phenoxy) is 2. The van der Waals surface area contributed by atoms with Gasteiger partial charge in [-0.3, -0.25) is 19.6 Å². The highest BCUT2D eigenvalue weighted by Gasteiger charge is 2.31. The minimum atomic E-state index is -0.958. The molecule has 8 rings (SSSR count). The van der Waals surface area contributed by atoms with Crippen LogP contribution in [0.25, 0.3) is 0 Å². The van der Waals surface area contributed by atoms with Gasteiger partial charge in [-0.25, -0.2) is 0 Å². The molecule has 0 fully saturated rings. The van der Waals surface area contributed by atoms with Crippen LogP contribution in [-0.2, 0) is 22.7 Å². The van der Waals surface area contributed by atoms with Crippen LogP contribution in [0.1, 0.15) is 33.4 Å². The lowest BCUT2D eigenvalue weighted by molar-refractivity contribution is -0.120. The Morgan fingerprint density at radius 1 is 0.482 bits per heavy atom. The number of fused-ring (bicyclic) bond motifs is 2. The number of hydrogen-bond donors (Lipinski definition) is 2. The molecule has 10 heteroatoms. The second-order valence-electron chi connectivity index (χ2n) is 13.2. The topological polar surface area (TPSA) is 136 Å². The van der Waals surface area contributed by atoms with Crippen LogP contribution in [0.4, 0.5) is 11.4 Å². The smallest absolute Gasteiger partial charge is 0.266 e. The standard InChI is InChI=1S/2C23H21N3O2/c2*1-28-18-13-11-16(12-14-18)15-26-20-10-6-5-9-19(20)21(25-22(24)23(26)27)17-7-3-2-4-8-17/h2*2-14,22H,15,24H2,1H3/t22-;/m0./s1. The van der Waals surface area contributed by atoms with Crippen molar-refractivity contribution in [2.24, 2.45) is 21.5 Å². The molecule has 2 amide bonds. The largest absolute Gasteiger partial charge is 0.497 e. The summed E-state index contributed by atoms with van der Waals surface area (Å²) >= 11 is 0. The number of nitrogens with two attached hydrogens (primary N) is 2. The van der Waals surface area contributed by atoms with Crippen molar-refractivity contribution in [2.75, 3.05) is 24.0 Å². The van der Waals surface area contributed by atoms with Gasteiger partial charge in [0.15, 0.2) is 12.3 Å². The molecule has 10 nitrogen and oxygen atoms in total. The number of carbonyl (C=O) groups is 2. The number of benzene rings is 6. The van der Waals surface area contributed by atoms with E-state index in [0.717, 1.165) is 67.7 Å². The number of nitrogens with zero attached hydrogens (tertiary/aromatic N) is 4. The molecule has 0 bridgehead atoms. The Balaban J connectivity index is 0.000000172. The van der Waals surface area contributed by atoms with Crippen LogP contribution in [0.3, 0.4) is 0 Å². The summed E-state index contributed by atoms with van der Waals surface area (Å²) in [7, 11) is 3.26. The zero-order valence-electron chi connectivity index (χ0n) is 31.2. The van der Waals surface area contributed by atoms with Crippen LogP contribution in [0, 0.1) is 0 Å². The average Bonchev–Trinajstić information content (AvgIpc) is 3.43. The monoisotopic (exact) mass is 742 g/mol. The highest BCUT2D eigenvalue weighted by atomic mass is 16.5. The molecule has 0 spiro atoms. The predicted molar refractivity (Wildman–Crippen MR) is 221 cm³/mol. The first kappa shape index (κ1) is 37.4. The molecule has 4 N–H and O–H groups in total. The first-order valence-electron chi connectivity index (χ1n) is 18.2. The van der Waals surface area contributed by atoms with Crippen LogP contribution in [0.5, 0.6) is 11.5 Å². The third-order valence-electron chi connectivity index (χ3n) is 9.57. The van der Waals surface area contributed by atoms with Gasteiger partial charge in [-0.2, -0.15) is 0 Å².